The molecule has 0 saturated heterocycles. The van der Waals surface area contributed by atoms with E-state index >= 15 is 0 Å². The predicted molar refractivity (Wildman–Crippen MR) is 115 cm³/mol. The molecule has 0 aliphatic heterocycles. The molecule has 0 aliphatic rings. The molecule has 0 fully saturated rings. The van der Waals surface area contributed by atoms with Gasteiger partial charge in [-0.25, -0.2) is 4.79 Å². The van der Waals surface area contributed by atoms with Gasteiger partial charge in [-0.3, -0.25) is 4.79 Å². The number of benzene rings is 2. The van der Waals surface area contributed by atoms with Crippen molar-refractivity contribution < 1.29 is 28.5 Å². The SMILES string of the molecule is CCOc1ccc(/C=C/C(=O)OCC(=O)Nc2ccc(OCC)c(OCC)c2)cc1. The van der Waals surface area contributed by atoms with Crippen LogP contribution in [0, 0.1) is 0 Å². The second-order valence-corrected chi connectivity index (χ2v) is 6.02. The van der Waals surface area contributed by atoms with Crippen LogP contribution in [0.3, 0.4) is 0 Å². The Morgan fingerprint density at radius 3 is 2.20 bits per heavy atom. The lowest BCUT2D eigenvalue weighted by molar-refractivity contribution is -0.142. The Hall–Kier alpha value is -3.48. The molecule has 1 amide bonds. The number of rotatable bonds is 11. The van der Waals surface area contributed by atoms with Crippen molar-refractivity contribution in [3.8, 4) is 17.2 Å². The van der Waals surface area contributed by atoms with Crippen LogP contribution in [-0.2, 0) is 14.3 Å². The van der Waals surface area contributed by atoms with E-state index in [1.165, 1.54) is 6.08 Å². The van der Waals surface area contributed by atoms with Gasteiger partial charge >= 0.3 is 5.97 Å². The highest BCUT2D eigenvalue weighted by atomic mass is 16.5. The van der Waals surface area contributed by atoms with Crippen LogP contribution in [0.5, 0.6) is 17.2 Å². The topological polar surface area (TPSA) is 83.1 Å². The molecule has 0 bridgehead atoms. The summed E-state index contributed by atoms with van der Waals surface area (Å²) in [7, 11) is 0. The maximum Gasteiger partial charge on any atom is 0.331 e. The number of carbonyl (C=O) groups excluding carboxylic acids is 2. The van der Waals surface area contributed by atoms with Gasteiger partial charge in [-0.1, -0.05) is 12.1 Å². The Morgan fingerprint density at radius 2 is 1.53 bits per heavy atom. The minimum atomic E-state index is -0.610. The minimum Gasteiger partial charge on any atom is -0.494 e. The third-order valence-electron chi connectivity index (χ3n) is 3.78. The van der Waals surface area contributed by atoms with Gasteiger partial charge in [0.25, 0.3) is 5.91 Å². The van der Waals surface area contributed by atoms with E-state index in [2.05, 4.69) is 5.32 Å². The van der Waals surface area contributed by atoms with Crippen molar-refractivity contribution in [3.05, 3.63) is 54.1 Å². The zero-order valence-electron chi connectivity index (χ0n) is 17.5. The maximum atomic E-state index is 12.1. The molecule has 0 unspecified atom stereocenters. The summed E-state index contributed by atoms with van der Waals surface area (Å²) in [5.41, 5.74) is 1.34. The normalized spacial score (nSPS) is 10.5. The van der Waals surface area contributed by atoms with Crippen LogP contribution in [0.25, 0.3) is 6.08 Å². The summed E-state index contributed by atoms with van der Waals surface area (Å²) >= 11 is 0. The number of hydrogen-bond acceptors (Lipinski definition) is 6. The van der Waals surface area contributed by atoms with Gasteiger partial charge in [0.15, 0.2) is 18.1 Å². The van der Waals surface area contributed by atoms with Crippen LogP contribution >= 0.6 is 0 Å². The number of hydrogen-bond donors (Lipinski definition) is 1. The third-order valence-corrected chi connectivity index (χ3v) is 3.78. The average Bonchev–Trinajstić information content (AvgIpc) is 2.74. The van der Waals surface area contributed by atoms with Gasteiger partial charge in [-0.15, -0.1) is 0 Å². The number of esters is 1. The van der Waals surface area contributed by atoms with E-state index in [0.29, 0.717) is 37.0 Å². The van der Waals surface area contributed by atoms with Gasteiger partial charge in [0, 0.05) is 17.8 Å². The molecular weight excluding hydrogens is 386 g/mol. The number of anilines is 1. The molecule has 160 valence electrons. The van der Waals surface area contributed by atoms with Crippen molar-refractivity contribution in [1.82, 2.24) is 0 Å². The molecule has 1 N–H and O–H groups in total. The van der Waals surface area contributed by atoms with Gasteiger partial charge < -0.3 is 24.3 Å². The van der Waals surface area contributed by atoms with Gasteiger partial charge in [-0.05, 0) is 56.7 Å². The predicted octanol–water partition coefficient (Wildman–Crippen LogP) is 4.08. The summed E-state index contributed by atoms with van der Waals surface area (Å²) < 4.78 is 21.4. The molecule has 30 heavy (non-hydrogen) atoms. The summed E-state index contributed by atoms with van der Waals surface area (Å²) in [6.45, 7) is 6.82. The minimum absolute atomic E-state index is 0.399. The van der Waals surface area contributed by atoms with Crippen LogP contribution in [0.15, 0.2) is 48.5 Å². The van der Waals surface area contributed by atoms with Crippen molar-refractivity contribution in [2.24, 2.45) is 0 Å². The molecule has 2 aromatic carbocycles. The summed E-state index contributed by atoms with van der Waals surface area (Å²) in [4.78, 5) is 23.9. The monoisotopic (exact) mass is 413 g/mol. The highest BCUT2D eigenvalue weighted by molar-refractivity contribution is 5.94. The molecule has 0 aromatic heterocycles. The Morgan fingerprint density at radius 1 is 0.867 bits per heavy atom. The van der Waals surface area contributed by atoms with E-state index in [-0.39, 0.29) is 0 Å². The summed E-state index contributed by atoms with van der Waals surface area (Å²) in [6, 6.07) is 12.4. The van der Waals surface area contributed by atoms with Crippen molar-refractivity contribution in [1.29, 1.82) is 0 Å². The van der Waals surface area contributed by atoms with Crippen molar-refractivity contribution in [2.45, 2.75) is 20.8 Å². The quantitative estimate of drug-likeness (QED) is 0.442. The fourth-order valence-corrected chi connectivity index (χ4v) is 2.52. The Balaban J connectivity index is 1.84. The number of ether oxygens (including phenoxy) is 4. The molecule has 2 rings (SSSR count). The highest BCUT2D eigenvalue weighted by Gasteiger charge is 2.10. The van der Waals surface area contributed by atoms with E-state index in [9.17, 15) is 9.59 Å². The largest absolute Gasteiger partial charge is 0.494 e. The molecule has 0 radical (unpaired) electrons. The Labute approximate surface area is 176 Å². The van der Waals surface area contributed by atoms with Crippen molar-refractivity contribution in [3.63, 3.8) is 0 Å². The van der Waals surface area contributed by atoms with Crippen LogP contribution in [0.1, 0.15) is 26.3 Å². The zero-order chi connectivity index (χ0) is 21.8. The van der Waals surface area contributed by atoms with Crippen LogP contribution in [0.4, 0.5) is 5.69 Å². The van der Waals surface area contributed by atoms with Crippen molar-refractivity contribution in [2.75, 3.05) is 31.7 Å². The van der Waals surface area contributed by atoms with Gasteiger partial charge in [-0.2, -0.15) is 0 Å². The highest BCUT2D eigenvalue weighted by Crippen LogP contribution is 2.30. The molecule has 0 spiro atoms. The van der Waals surface area contributed by atoms with E-state index < -0.39 is 18.5 Å². The van der Waals surface area contributed by atoms with Gasteiger partial charge in [0.2, 0.25) is 0 Å². The first-order chi connectivity index (χ1) is 14.5. The van der Waals surface area contributed by atoms with E-state index in [4.69, 9.17) is 18.9 Å². The summed E-state index contributed by atoms with van der Waals surface area (Å²) in [6.07, 6.45) is 2.88. The number of amides is 1. The molecule has 7 nitrogen and oxygen atoms in total. The fraction of sp³-hybridized carbons (Fsp3) is 0.304. The van der Waals surface area contributed by atoms with Crippen LogP contribution in [-0.4, -0.2) is 38.3 Å². The first-order valence-corrected chi connectivity index (χ1v) is 9.82. The Kier molecular flexibility index (Phi) is 9.24. The van der Waals surface area contributed by atoms with E-state index in [1.807, 2.05) is 45.0 Å². The number of nitrogens with one attached hydrogen (secondary N) is 1. The lowest BCUT2D eigenvalue weighted by atomic mass is 10.2. The van der Waals surface area contributed by atoms with Gasteiger partial charge in [0.1, 0.15) is 5.75 Å². The Bertz CT molecular complexity index is 860. The second kappa shape index (κ2) is 12.2. The summed E-state index contributed by atoms with van der Waals surface area (Å²) in [5, 5.41) is 2.67. The lowest BCUT2D eigenvalue weighted by Gasteiger charge is -2.13. The lowest BCUT2D eigenvalue weighted by Crippen LogP contribution is -2.20. The summed E-state index contributed by atoms with van der Waals surface area (Å²) in [5.74, 6) is 0.830. The van der Waals surface area contributed by atoms with E-state index in [0.717, 1.165) is 11.3 Å². The van der Waals surface area contributed by atoms with Crippen molar-refractivity contribution >= 4 is 23.6 Å². The number of carbonyl (C=O) groups is 2. The second-order valence-electron chi connectivity index (χ2n) is 6.02. The average molecular weight is 413 g/mol. The molecule has 7 heteroatoms. The van der Waals surface area contributed by atoms with E-state index in [1.54, 1.807) is 24.3 Å². The molecule has 0 saturated carbocycles. The van der Waals surface area contributed by atoms with Gasteiger partial charge in [0.05, 0.1) is 19.8 Å². The molecular formula is C23H27NO6. The fourth-order valence-electron chi connectivity index (χ4n) is 2.52. The smallest absolute Gasteiger partial charge is 0.331 e. The molecule has 2 aromatic rings. The zero-order valence-corrected chi connectivity index (χ0v) is 17.5. The first kappa shape index (κ1) is 22.8. The molecule has 0 atom stereocenters. The van der Waals surface area contributed by atoms with Crippen LogP contribution < -0.4 is 19.5 Å². The molecule has 0 aliphatic carbocycles. The maximum absolute atomic E-state index is 12.1. The standard InChI is InChI=1S/C23H27NO6/c1-4-27-19-11-7-17(8-12-19)9-14-23(26)30-16-22(25)24-18-10-13-20(28-5-2)21(15-18)29-6-3/h7-15H,4-6,16H2,1-3H3,(H,24,25)/b14-9+. The third kappa shape index (κ3) is 7.50. The first-order valence-electron chi connectivity index (χ1n) is 9.82. The van der Waals surface area contributed by atoms with Crippen LogP contribution in [0.2, 0.25) is 0 Å². The molecule has 0 heterocycles.